The first-order valence-electron chi connectivity index (χ1n) is 23.8. The van der Waals surface area contributed by atoms with Crippen LogP contribution in [0.15, 0.2) is 227 Å². The molecular formula is C64H36N4O2. The van der Waals surface area contributed by atoms with Gasteiger partial charge in [0.05, 0.1) is 16.4 Å². The Kier molecular flexibility index (Phi) is 7.45. The van der Waals surface area contributed by atoms with E-state index >= 15 is 0 Å². The van der Waals surface area contributed by atoms with Gasteiger partial charge in [0.2, 0.25) is 5.95 Å². The molecule has 0 atom stereocenters. The van der Waals surface area contributed by atoms with Crippen LogP contribution in [0.3, 0.4) is 0 Å². The van der Waals surface area contributed by atoms with E-state index in [1.165, 1.54) is 44.5 Å². The molecule has 6 heteroatoms. The maximum Gasteiger partial charge on any atom is 0.238 e. The zero-order valence-electron chi connectivity index (χ0n) is 37.4. The number of para-hydroxylation sites is 2. The highest BCUT2D eigenvalue weighted by Crippen LogP contribution is 2.64. The van der Waals surface area contributed by atoms with E-state index in [-0.39, 0.29) is 0 Å². The fourth-order valence-electron chi connectivity index (χ4n) is 12.2. The standard InChI is InChI=1S/C64H36N4O2/c1-2-14-37(15-3-1)38-26-31-54-47(34-38)45-29-30-53-59(46-20-6-11-23-52(46)64(53)50-21-9-4-16-41(50)42-17-5-10-22-51(42)64)60(45)68(54)63-66-61(39-27-32-57-48(35-39)43-18-7-12-24-55(43)69-57)65-62(67-63)40-28-33-58-49(36-40)44-19-8-13-25-56(44)70-58/h1-36H. The van der Waals surface area contributed by atoms with E-state index in [0.717, 1.165) is 87.9 Å². The Morgan fingerprint density at radius 2 is 0.829 bits per heavy atom. The summed E-state index contributed by atoms with van der Waals surface area (Å²) >= 11 is 0. The highest BCUT2D eigenvalue weighted by atomic mass is 16.3. The van der Waals surface area contributed by atoms with Gasteiger partial charge in [-0.2, -0.15) is 9.97 Å². The summed E-state index contributed by atoms with van der Waals surface area (Å²) in [6.45, 7) is 0. The lowest BCUT2D eigenvalue weighted by Gasteiger charge is -2.30. The predicted octanol–water partition coefficient (Wildman–Crippen LogP) is 16.1. The van der Waals surface area contributed by atoms with E-state index in [4.69, 9.17) is 23.8 Å². The van der Waals surface area contributed by atoms with Gasteiger partial charge in [0.15, 0.2) is 11.6 Å². The number of nitrogens with zero attached hydrogens (tertiary/aromatic N) is 4. The molecule has 0 bridgehead atoms. The molecule has 16 rings (SSSR count). The first-order chi connectivity index (χ1) is 34.7. The topological polar surface area (TPSA) is 69.9 Å². The van der Waals surface area contributed by atoms with Crippen molar-refractivity contribution in [1.82, 2.24) is 19.5 Å². The van der Waals surface area contributed by atoms with Crippen LogP contribution in [0.5, 0.6) is 0 Å². The van der Waals surface area contributed by atoms with E-state index in [2.05, 4.69) is 174 Å². The van der Waals surface area contributed by atoms with E-state index in [0.29, 0.717) is 17.6 Å². The van der Waals surface area contributed by atoms with Crippen LogP contribution in [0, 0.1) is 0 Å². The van der Waals surface area contributed by atoms with Crippen LogP contribution in [0.2, 0.25) is 0 Å². The lowest BCUT2D eigenvalue weighted by molar-refractivity contribution is 0.668. The molecule has 70 heavy (non-hydrogen) atoms. The maximum absolute atomic E-state index is 6.31. The van der Waals surface area contributed by atoms with Crippen molar-refractivity contribution in [1.29, 1.82) is 0 Å². The second-order valence-electron chi connectivity index (χ2n) is 18.6. The third-order valence-electron chi connectivity index (χ3n) is 15.1. The molecule has 324 valence electrons. The lowest BCUT2D eigenvalue weighted by Crippen LogP contribution is -2.25. The second-order valence-corrected chi connectivity index (χ2v) is 18.6. The first-order valence-corrected chi connectivity index (χ1v) is 23.8. The molecule has 4 heterocycles. The third kappa shape index (κ3) is 4.98. The van der Waals surface area contributed by atoms with Crippen molar-refractivity contribution < 1.29 is 8.83 Å². The molecule has 0 fully saturated rings. The van der Waals surface area contributed by atoms with Crippen LogP contribution in [-0.2, 0) is 5.41 Å². The SMILES string of the molecule is c1ccc(-c2ccc3c(c2)c2ccc4c(c2n3-c2nc(-c3ccc5oc6ccccc6c5c3)nc(-c3ccc5oc6ccccc6c5c3)n2)-c2ccccc2C42c3ccccc3-c3ccccc32)cc1. The molecule has 4 aromatic heterocycles. The summed E-state index contributed by atoms with van der Waals surface area (Å²) in [4.78, 5) is 16.5. The number of hydrogen-bond donors (Lipinski definition) is 0. The molecule has 0 radical (unpaired) electrons. The molecule has 14 aromatic rings. The molecule has 0 amide bonds. The molecule has 1 spiro atoms. The molecule has 10 aromatic carbocycles. The first kappa shape index (κ1) is 37.7. The Hall–Kier alpha value is -9.39. The molecule has 0 N–H and O–H groups in total. The Morgan fingerprint density at radius 3 is 1.46 bits per heavy atom. The van der Waals surface area contributed by atoms with Crippen molar-refractivity contribution in [2.24, 2.45) is 0 Å². The Balaban J connectivity index is 1.04. The van der Waals surface area contributed by atoms with Crippen molar-refractivity contribution in [3.63, 3.8) is 0 Å². The van der Waals surface area contributed by atoms with Gasteiger partial charge in [-0.3, -0.25) is 4.57 Å². The Labute approximate surface area is 400 Å². The number of aromatic nitrogens is 4. The van der Waals surface area contributed by atoms with Gasteiger partial charge in [-0.15, -0.1) is 0 Å². The highest BCUT2D eigenvalue weighted by Gasteiger charge is 2.52. The number of fused-ring (bicyclic) bond motifs is 20. The van der Waals surface area contributed by atoms with Crippen molar-refractivity contribution in [3.05, 3.63) is 241 Å². The predicted molar refractivity (Wildman–Crippen MR) is 281 cm³/mol. The van der Waals surface area contributed by atoms with Crippen molar-refractivity contribution in [2.45, 2.75) is 5.41 Å². The van der Waals surface area contributed by atoms with Gasteiger partial charge < -0.3 is 8.83 Å². The monoisotopic (exact) mass is 892 g/mol. The molecule has 0 saturated heterocycles. The summed E-state index contributed by atoms with van der Waals surface area (Å²) in [5.74, 6) is 1.65. The zero-order chi connectivity index (χ0) is 45.7. The lowest BCUT2D eigenvalue weighted by atomic mass is 9.70. The van der Waals surface area contributed by atoms with Gasteiger partial charge in [-0.1, -0.05) is 158 Å². The summed E-state index contributed by atoms with van der Waals surface area (Å²) in [6.07, 6.45) is 0. The number of rotatable bonds is 4. The maximum atomic E-state index is 6.31. The van der Waals surface area contributed by atoms with Crippen LogP contribution in [-0.4, -0.2) is 19.5 Å². The zero-order valence-corrected chi connectivity index (χ0v) is 37.4. The minimum absolute atomic E-state index is 0.529. The van der Waals surface area contributed by atoms with Gasteiger partial charge in [0.25, 0.3) is 0 Å². The number of benzene rings is 10. The minimum atomic E-state index is -0.537. The molecule has 6 nitrogen and oxygen atoms in total. The second kappa shape index (κ2) is 13.8. The highest BCUT2D eigenvalue weighted by molar-refractivity contribution is 6.17. The van der Waals surface area contributed by atoms with E-state index in [1.54, 1.807) is 0 Å². The van der Waals surface area contributed by atoms with Crippen LogP contribution >= 0.6 is 0 Å². The van der Waals surface area contributed by atoms with Gasteiger partial charge >= 0.3 is 0 Å². The van der Waals surface area contributed by atoms with Crippen LogP contribution < -0.4 is 0 Å². The van der Waals surface area contributed by atoms with Gasteiger partial charge in [0.1, 0.15) is 22.3 Å². The van der Waals surface area contributed by atoms with Crippen molar-refractivity contribution >= 4 is 65.7 Å². The summed E-state index contributed by atoms with van der Waals surface area (Å²) < 4.78 is 14.9. The minimum Gasteiger partial charge on any atom is -0.456 e. The third-order valence-corrected chi connectivity index (χ3v) is 15.1. The van der Waals surface area contributed by atoms with E-state index in [1.807, 2.05) is 48.5 Å². The Morgan fingerprint density at radius 1 is 0.329 bits per heavy atom. The normalized spacial score (nSPS) is 13.3. The van der Waals surface area contributed by atoms with Crippen LogP contribution in [0.4, 0.5) is 0 Å². The van der Waals surface area contributed by atoms with Gasteiger partial charge in [-0.05, 0) is 111 Å². The van der Waals surface area contributed by atoms with Gasteiger partial charge in [-0.25, -0.2) is 4.98 Å². The molecule has 0 unspecified atom stereocenters. The summed E-state index contributed by atoms with van der Waals surface area (Å²) in [6, 6.07) is 78.0. The number of furan rings is 2. The molecule has 0 aliphatic heterocycles. The summed E-state index contributed by atoms with van der Waals surface area (Å²) in [7, 11) is 0. The smallest absolute Gasteiger partial charge is 0.238 e. The van der Waals surface area contributed by atoms with Gasteiger partial charge in [0, 0.05) is 49.0 Å². The number of hydrogen-bond acceptors (Lipinski definition) is 5. The quantitative estimate of drug-likeness (QED) is 0.176. The average Bonchev–Trinajstić information content (AvgIpc) is 4.22. The molecular weight excluding hydrogens is 857 g/mol. The van der Waals surface area contributed by atoms with Crippen molar-refractivity contribution in [3.8, 4) is 62.1 Å². The average molecular weight is 893 g/mol. The fraction of sp³-hybridized carbons (Fsp3) is 0.0156. The fourth-order valence-corrected chi connectivity index (χ4v) is 12.2. The molecule has 2 aliphatic rings. The van der Waals surface area contributed by atoms with E-state index in [9.17, 15) is 0 Å². The molecule has 2 aliphatic carbocycles. The summed E-state index contributed by atoms with van der Waals surface area (Å²) in [5.41, 5.74) is 18.9. The van der Waals surface area contributed by atoms with Crippen LogP contribution in [0.25, 0.3) is 128 Å². The van der Waals surface area contributed by atoms with Crippen LogP contribution in [0.1, 0.15) is 22.3 Å². The van der Waals surface area contributed by atoms with E-state index < -0.39 is 5.41 Å². The molecule has 0 saturated carbocycles. The van der Waals surface area contributed by atoms with Crippen molar-refractivity contribution in [2.75, 3.05) is 0 Å². The largest absolute Gasteiger partial charge is 0.456 e. The summed E-state index contributed by atoms with van der Waals surface area (Å²) in [5, 5.41) is 6.34. The Bertz CT molecular complexity index is 4380.